The average molecular weight is 279 g/mol. The van der Waals surface area contributed by atoms with Gasteiger partial charge in [0.25, 0.3) is 0 Å². The average Bonchev–Trinajstić information content (AvgIpc) is 3.15. The highest BCUT2D eigenvalue weighted by Gasteiger charge is 2.34. The Morgan fingerprint density at radius 1 is 1.40 bits per heavy atom. The zero-order valence-corrected chi connectivity index (χ0v) is 11.2. The summed E-state index contributed by atoms with van der Waals surface area (Å²) >= 11 is 0. The molecule has 2 fully saturated rings. The van der Waals surface area contributed by atoms with Crippen molar-refractivity contribution in [2.45, 2.75) is 37.9 Å². The molecule has 6 heteroatoms. The molecule has 0 bridgehead atoms. The molecule has 0 radical (unpaired) electrons. The van der Waals surface area contributed by atoms with Crippen LogP contribution in [0.1, 0.15) is 24.8 Å². The second-order valence-corrected chi connectivity index (χ2v) is 5.64. The summed E-state index contributed by atoms with van der Waals surface area (Å²) in [5.74, 6) is -0.764. The van der Waals surface area contributed by atoms with Crippen LogP contribution in [-0.2, 0) is 6.54 Å². The molecule has 0 spiro atoms. The summed E-state index contributed by atoms with van der Waals surface area (Å²) in [6.07, 6.45) is 3.76. The largest absolute Gasteiger partial charge is 0.309 e. The van der Waals surface area contributed by atoms with Gasteiger partial charge in [0.1, 0.15) is 0 Å². The van der Waals surface area contributed by atoms with Crippen molar-refractivity contribution in [2.24, 2.45) is 0 Å². The van der Waals surface area contributed by atoms with E-state index in [1.165, 1.54) is 25.0 Å². The summed E-state index contributed by atoms with van der Waals surface area (Å²) in [7, 11) is 0. The van der Waals surface area contributed by atoms with E-state index in [9.17, 15) is 14.5 Å². The van der Waals surface area contributed by atoms with Gasteiger partial charge < -0.3 is 5.32 Å². The van der Waals surface area contributed by atoms with Gasteiger partial charge in [-0.15, -0.1) is 0 Å². The van der Waals surface area contributed by atoms with Gasteiger partial charge in [-0.05, 0) is 30.9 Å². The Morgan fingerprint density at radius 2 is 2.20 bits per heavy atom. The third kappa shape index (κ3) is 2.96. The molecule has 0 aromatic heterocycles. The van der Waals surface area contributed by atoms with Crippen molar-refractivity contribution >= 4 is 5.69 Å². The molecule has 0 amide bonds. The van der Waals surface area contributed by atoms with Crippen LogP contribution in [0.2, 0.25) is 0 Å². The molecular formula is C14H18FN3O2. The second-order valence-electron chi connectivity index (χ2n) is 5.64. The highest BCUT2D eigenvalue weighted by atomic mass is 19.1. The maximum atomic E-state index is 13.5. The zero-order valence-electron chi connectivity index (χ0n) is 11.2. The van der Waals surface area contributed by atoms with Gasteiger partial charge in [-0.2, -0.15) is 4.39 Å². The van der Waals surface area contributed by atoms with Crippen molar-refractivity contribution < 1.29 is 9.31 Å². The van der Waals surface area contributed by atoms with E-state index >= 15 is 0 Å². The van der Waals surface area contributed by atoms with Crippen molar-refractivity contribution in [2.75, 3.05) is 13.1 Å². The predicted octanol–water partition coefficient (Wildman–Crippen LogP) is 2.06. The van der Waals surface area contributed by atoms with Gasteiger partial charge in [0.15, 0.2) is 0 Å². The maximum absolute atomic E-state index is 13.5. The lowest BCUT2D eigenvalue weighted by Crippen LogP contribution is -2.32. The van der Waals surface area contributed by atoms with E-state index in [2.05, 4.69) is 10.2 Å². The smallest absolute Gasteiger partial charge is 0.304 e. The van der Waals surface area contributed by atoms with Crippen LogP contribution in [0.25, 0.3) is 0 Å². The second kappa shape index (κ2) is 5.46. The first-order chi connectivity index (χ1) is 9.63. The quantitative estimate of drug-likeness (QED) is 0.662. The fourth-order valence-electron chi connectivity index (χ4n) is 2.80. The van der Waals surface area contributed by atoms with Crippen molar-refractivity contribution in [3.05, 3.63) is 39.7 Å². The molecule has 5 nitrogen and oxygen atoms in total. The Balaban J connectivity index is 1.53. The lowest BCUT2D eigenvalue weighted by atomic mass is 10.1. The zero-order chi connectivity index (χ0) is 14.1. The Morgan fingerprint density at radius 3 is 2.85 bits per heavy atom. The molecule has 1 atom stereocenters. The molecule has 1 N–H and O–H groups in total. The number of rotatable bonds is 5. The molecule has 1 saturated carbocycles. The third-order valence-electron chi connectivity index (χ3n) is 4.09. The van der Waals surface area contributed by atoms with E-state index in [1.807, 2.05) is 0 Å². The lowest BCUT2D eigenvalue weighted by molar-refractivity contribution is -0.387. The molecule has 1 aromatic rings. The Hall–Kier alpha value is -1.53. The first-order valence-electron chi connectivity index (χ1n) is 7.04. The standard InChI is InChI=1S/C14H18FN3O2/c15-13-7-10(1-4-14(13)18(19)20)8-16-11-5-6-17(9-11)12-2-3-12/h1,4,7,11-12,16H,2-3,5-6,8-9H2. The molecule has 20 heavy (non-hydrogen) atoms. The highest BCUT2D eigenvalue weighted by molar-refractivity contribution is 5.34. The lowest BCUT2D eigenvalue weighted by Gasteiger charge is -2.15. The topological polar surface area (TPSA) is 58.4 Å². The van der Waals surface area contributed by atoms with Gasteiger partial charge in [-0.1, -0.05) is 6.07 Å². The normalized spacial score (nSPS) is 23.1. The number of nitrogens with zero attached hydrogens (tertiary/aromatic N) is 2. The van der Waals surface area contributed by atoms with Crippen LogP contribution in [0.5, 0.6) is 0 Å². The van der Waals surface area contributed by atoms with Crippen molar-refractivity contribution in [1.82, 2.24) is 10.2 Å². The number of likely N-dealkylation sites (tertiary alicyclic amines) is 1. The summed E-state index contributed by atoms with van der Waals surface area (Å²) < 4.78 is 13.5. The van der Waals surface area contributed by atoms with E-state index in [0.29, 0.717) is 12.6 Å². The molecule has 1 aromatic carbocycles. The number of hydrogen-bond acceptors (Lipinski definition) is 4. The minimum atomic E-state index is -0.764. The van der Waals surface area contributed by atoms with Crippen LogP contribution in [0.15, 0.2) is 18.2 Å². The van der Waals surface area contributed by atoms with Crippen molar-refractivity contribution in [3.63, 3.8) is 0 Å². The SMILES string of the molecule is O=[N+]([O-])c1ccc(CNC2CCN(C3CC3)C2)cc1F. The van der Waals surface area contributed by atoms with Crippen LogP contribution in [0, 0.1) is 15.9 Å². The van der Waals surface area contributed by atoms with Gasteiger partial charge in [0.2, 0.25) is 5.82 Å². The summed E-state index contributed by atoms with van der Waals surface area (Å²) in [4.78, 5) is 12.4. The van der Waals surface area contributed by atoms with Gasteiger partial charge >= 0.3 is 5.69 Å². The Kier molecular flexibility index (Phi) is 3.67. The predicted molar refractivity (Wildman–Crippen MR) is 72.9 cm³/mol. The Labute approximate surface area is 116 Å². The first-order valence-corrected chi connectivity index (χ1v) is 7.04. The monoisotopic (exact) mass is 279 g/mol. The highest BCUT2D eigenvalue weighted by Crippen LogP contribution is 2.29. The minimum absolute atomic E-state index is 0.439. The molecule has 1 aliphatic carbocycles. The maximum Gasteiger partial charge on any atom is 0.304 e. The van der Waals surface area contributed by atoms with Gasteiger partial charge in [-0.25, -0.2) is 0 Å². The van der Waals surface area contributed by atoms with E-state index in [-0.39, 0.29) is 0 Å². The fourth-order valence-corrected chi connectivity index (χ4v) is 2.80. The third-order valence-corrected chi connectivity index (χ3v) is 4.09. The van der Waals surface area contributed by atoms with E-state index < -0.39 is 16.4 Å². The number of nitro groups is 1. The van der Waals surface area contributed by atoms with Crippen LogP contribution in [0.3, 0.4) is 0 Å². The Bertz CT molecular complexity index is 519. The van der Waals surface area contributed by atoms with Gasteiger partial charge in [0, 0.05) is 37.8 Å². The molecule has 1 unspecified atom stereocenters. The first kappa shape index (κ1) is 13.5. The fraction of sp³-hybridized carbons (Fsp3) is 0.571. The van der Waals surface area contributed by atoms with Crippen molar-refractivity contribution in [1.29, 1.82) is 0 Å². The van der Waals surface area contributed by atoms with E-state index in [0.717, 1.165) is 31.1 Å². The molecular weight excluding hydrogens is 261 g/mol. The van der Waals surface area contributed by atoms with Gasteiger partial charge in [-0.3, -0.25) is 15.0 Å². The molecule has 1 aliphatic heterocycles. The van der Waals surface area contributed by atoms with Crippen LogP contribution >= 0.6 is 0 Å². The number of halogens is 1. The number of nitrogens with one attached hydrogen (secondary N) is 1. The molecule has 1 heterocycles. The van der Waals surface area contributed by atoms with Crippen LogP contribution in [0.4, 0.5) is 10.1 Å². The number of nitro benzene ring substituents is 1. The van der Waals surface area contributed by atoms with E-state index in [1.54, 1.807) is 6.07 Å². The summed E-state index contributed by atoms with van der Waals surface area (Å²) in [5, 5.41) is 14.0. The summed E-state index contributed by atoms with van der Waals surface area (Å²) in [5.41, 5.74) is 0.285. The number of benzene rings is 1. The molecule has 3 rings (SSSR count). The molecule has 2 aliphatic rings. The van der Waals surface area contributed by atoms with E-state index in [4.69, 9.17) is 0 Å². The van der Waals surface area contributed by atoms with Crippen molar-refractivity contribution in [3.8, 4) is 0 Å². The summed E-state index contributed by atoms with van der Waals surface area (Å²) in [6.45, 7) is 2.75. The molecule has 108 valence electrons. The minimum Gasteiger partial charge on any atom is -0.309 e. The molecule has 1 saturated heterocycles. The summed E-state index contributed by atoms with van der Waals surface area (Å²) in [6, 6.07) is 5.32. The van der Waals surface area contributed by atoms with Crippen LogP contribution in [-0.4, -0.2) is 35.0 Å². The number of hydrogen-bond donors (Lipinski definition) is 1. The van der Waals surface area contributed by atoms with Crippen LogP contribution < -0.4 is 5.32 Å². The van der Waals surface area contributed by atoms with Gasteiger partial charge in [0.05, 0.1) is 4.92 Å².